The summed E-state index contributed by atoms with van der Waals surface area (Å²) in [6.07, 6.45) is 2.15. The van der Waals surface area contributed by atoms with Gasteiger partial charge < -0.3 is 5.32 Å². The Kier molecular flexibility index (Phi) is 3.27. The molecule has 2 aromatic carbocycles. The maximum absolute atomic E-state index is 14.2. The minimum absolute atomic E-state index is 0.0228. The molecule has 108 valence electrons. The molecule has 0 radical (unpaired) electrons. The summed E-state index contributed by atoms with van der Waals surface area (Å²) >= 11 is 1.96. The van der Waals surface area contributed by atoms with Crippen molar-refractivity contribution in [3.05, 3.63) is 65.5 Å². The fourth-order valence-electron chi connectivity index (χ4n) is 3.57. The Morgan fingerprint density at radius 2 is 1.86 bits per heavy atom. The second-order valence-electron chi connectivity index (χ2n) is 6.12. The molecule has 2 heterocycles. The van der Waals surface area contributed by atoms with E-state index in [1.807, 2.05) is 23.9 Å². The van der Waals surface area contributed by atoms with Crippen LogP contribution in [0.2, 0.25) is 0 Å². The van der Waals surface area contributed by atoms with Gasteiger partial charge in [-0.25, -0.2) is 4.39 Å². The van der Waals surface area contributed by atoms with Crippen LogP contribution in [-0.4, -0.2) is 18.3 Å². The lowest BCUT2D eigenvalue weighted by Crippen LogP contribution is -2.58. The zero-order valence-corrected chi connectivity index (χ0v) is 12.6. The Morgan fingerprint density at radius 1 is 1.10 bits per heavy atom. The number of fused-ring (bicyclic) bond motifs is 1. The molecule has 1 saturated heterocycles. The van der Waals surface area contributed by atoms with Gasteiger partial charge in [-0.15, -0.1) is 11.8 Å². The van der Waals surface area contributed by atoms with Gasteiger partial charge in [-0.1, -0.05) is 36.4 Å². The summed E-state index contributed by atoms with van der Waals surface area (Å²) in [7, 11) is 0. The third kappa shape index (κ3) is 2.29. The minimum Gasteiger partial charge on any atom is -0.315 e. The first-order chi connectivity index (χ1) is 10.3. The van der Waals surface area contributed by atoms with Crippen LogP contribution in [0.15, 0.2) is 53.4 Å². The predicted octanol–water partition coefficient (Wildman–Crippen LogP) is 3.77. The van der Waals surface area contributed by atoms with Crippen molar-refractivity contribution in [1.29, 1.82) is 0 Å². The smallest absolute Gasteiger partial charge is 0.127 e. The molecule has 1 fully saturated rings. The van der Waals surface area contributed by atoms with Crippen LogP contribution in [0, 0.1) is 5.82 Å². The third-order valence-electron chi connectivity index (χ3n) is 4.70. The number of hydrogen-bond donors (Lipinski definition) is 1. The van der Waals surface area contributed by atoms with Crippen LogP contribution in [0.25, 0.3) is 0 Å². The summed E-state index contributed by atoms with van der Waals surface area (Å²) in [5, 5.41) is 3.91. The Bertz CT molecular complexity index is 641. The second kappa shape index (κ2) is 5.15. The first-order valence-corrected chi connectivity index (χ1v) is 8.35. The van der Waals surface area contributed by atoms with Crippen LogP contribution in [0.1, 0.15) is 17.5 Å². The summed E-state index contributed by atoms with van der Waals surface area (Å²) in [4.78, 5) is 1.40. The van der Waals surface area contributed by atoms with Gasteiger partial charge in [0.15, 0.2) is 0 Å². The van der Waals surface area contributed by atoms with Crippen molar-refractivity contribution in [2.24, 2.45) is 0 Å². The van der Waals surface area contributed by atoms with Gasteiger partial charge >= 0.3 is 0 Å². The molecule has 1 atom stereocenters. The molecule has 1 N–H and O–H groups in total. The van der Waals surface area contributed by atoms with Crippen LogP contribution in [0.3, 0.4) is 0 Å². The number of halogens is 1. The summed E-state index contributed by atoms with van der Waals surface area (Å²) in [6.45, 7) is 1.78. The number of rotatable bonds is 3. The lowest BCUT2D eigenvalue weighted by Gasteiger charge is -2.44. The summed E-state index contributed by atoms with van der Waals surface area (Å²) in [6, 6.07) is 15.9. The van der Waals surface area contributed by atoms with Gasteiger partial charge in [-0.05, 0) is 36.1 Å². The lowest BCUT2D eigenvalue weighted by molar-refractivity contribution is 0.248. The number of nitrogens with one attached hydrogen (secondary N) is 1. The Balaban J connectivity index is 1.58. The van der Waals surface area contributed by atoms with Gasteiger partial charge in [0.2, 0.25) is 0 Å². The molecule has 2 aliphatic rings. The fourth-order valence-corrected chi connectivity index (χ4v) is 5.05. The summed E-state index contributed by atoms with van der Waals surface area (Å²) < 4.78 is 14.2. The monoisotopic (exact) mass is 299 g/mol. The average molecular weight is 299 g/mol. The molecule has 0 aromatic heterocycles. The molecule has 1 unspecified atom stereocenters. The molecule has 1 nitrogen and oxygen atoms in total. The predicted molar refractivity (Wildman–Crippen MR) is 85.4 cm³/mol. The standard InChI is InChI=1S/C18H18FNS/c19-16-7-3-2-6-15(16)18(11-20-12-18)10-14-9-13-5-1-4-8-17(13)21-14/h1-8,14,20H,9-12H2. The Hall–Kier alpha value is -1.32. The summed E-state index contributed by atoms with van der Waals surface area (Å²) in [5.41, 5.74) is 2.31. The molecule has 0 saturated carbocycles. The van der Waals surface area contributed by atoms with Crippen LogP contribution in [-0.2, 0) is 11.8 Å². The first-order valence-electron chi connectivity index (χ1n) is 7.47. The van der Waals surface area contributed by atoms with Gasteiger partial charge in [-0.2, -0.15) is 0 Å². The average Bonchev–Trinajstić information content (AvgIpc) is 2.86. The highest BCUT2D eigenvalue weighted by molar-refractivity contribution is 8.00. The molecule has 4 rings (SSSR count). The molecule has 21 heavy (non-hydrogen) atoms. The van der Waals surface area contributed by atoms with E-state index in [0.717, 1.165) is 31.5 Å². The van der Waals surface area contributed by atoms with Crippen LogP contribution in [0.4, 0.5) is 4.39 Å². The molecular formula is C18H18FNS. The topological polar surface area (TPSA) is 12.0 Å². The number of benzene rings is 2. The third-order valence-corrected chi connectivity index (χ3v) is 6.02. The highest BCUT2D eigenvalue weighted by Crippen LogP contribution is 2.44. The Morgan fingerprint density at radius 3 is 2.57 bits per heavy atom. The molecule has 0 spiro atoms. The van der Waals surface area contributed by atoms with Crippen LogP contribution < -0.4 is 5.32 Å². The van der Waals surface area contributed by atoms with Gasteiger partial charge in [-0.3, -0.25) is 0 Å². The van der Waals surface area contributed by atoms with Gasteiger partial charge in [0.05, 0.1) is 0 Å². The SMILES string of the molecule is Fc1ccccc1C1(CC2Cc3ccccc3S2)CNC1. The molecular weight excluding hydrogens is 281 g/mol. The fraction of sp³-hybridized carbons (Fsp3) is 0.333. The maximum atomic E-state index is 14.2. The van der Waals surface area contributed by atoms with E-state index in [0.29, 0.717) is 5.25 Å². The maximum Gasteiger partial charge on any atom is 0.127 e. The van der Waals surface area contributed by atoms with E-state index in [4.69, 9.17) is 0 Å². The molecule has 2 aliphatic heterocycles. The van der Waals surface area contributed by atoms with Gasteiger partial charge in [0, 0.05) is 28.6 Å². The largest absolute Gasteiger partial charge is 0.315 e. The van der Waals surface area contributed by atoms with E-state index < -0.39 is 0 Å². The zero-order valence-electron chi connectivity index (χ0n) is 11.8. The van der Waals surface area contributed by atoms with Crippen molar-refractivity contribution in [3.8, 4) is 0 Å². The molecule has 0 amide bonds. The highest BCUT2D eigenvalue weighted by Gasteiger charge is 2.43. The van der Waals surface area contributed by atoms with E-state index in [2.05, 4.69) is 29.6 Å². The zero-order chi connectivity index (χ0) is 14.3. The number of thioether (sulfide) groups is 1. The van der Waals surface area contributed by atoms with Crippen molar-refractivity contribution < 1.29 is 4.39 Å². The van der Waals surface area contributed by atoms with E-state index >= 15 is 0 Å². The van der Waals surface area contributed by atoms with Crippen molar-refractivity contribution >= 4 is 11.8 Å². The molecule has 0 bridgehead atoms. The normalized spacial score (nSPS) is 22.6. The van der Waals surface area contributed by atoms with Crippen LogP contribution >= 0.6 is 11.8 Å². The second-order valence-corrected chi connectivity index (χ2v) is 7.46. The lowest BCUT2D eigenvalue weighted by atomic mass is 9.71. The van der Waals surface area contributed by atoms with Gasteiger partial charge in [0.25, 0.3) is 0 Å². The van der Waals surface area contributed by atoms with E-state index in [9.17, 15) is 4.39 Å². The van der Waals surface area contributed by atoms with Crippen molar-refractivity contribution in [1.82, 2.24) is 5.32 Å². The van der Waals surface area contributed by atoms with Crippen LogP contribution in [0.5, 0.6) is 0 Å². The number of hydrogen-bond acceptors (Lipinski definition) is 2. The molecule has 3 heteroatoms. The molecule has 2 aromatic rings. The minimum atomic E-state index is -0.0560. The summed E-state index contributed by atoms with van der Waals surface area (Å²) in [5.74, 6) is -0.0560. The van der Waals surface area contributed by atoms with Gasteiger partial charge in [0.1, 0.15) is 5.82 Å². The van der Waals surface area contributed by atoms with Crippen molar-refractivity contribution in [3.63, 3.8) is 0 Å². The quantitative estimate of drug-likeness (QED) is 0.926. The van der Waals surface area contributed by atoms with E-state index in [1.165, 1.54) is 10.5 Å². The van der Waals surface area contributed by atoms with Crippen molar-refractivity contribution in [2.45, 2.75) is 28.4 Å². The van der Waals surface area contributed by atoms with E-state index in [1.54, 1.807) is 12.1 Å². The Labute approximate surface area is 129 Å². The van der Waals surface area contributed by atoms with E-state index in [-0.39, 0.29) is 11.2 Å². The molecule has 0 aliphatic carbocycles. The van der Waals surface area contributed by atoms with Crippen molar-refractivity contribution in [2.75, 3.05) is 13.1 Å². The first kappa shape index (κ1) is 13.4. The highest BCUT2D eigenvalue weighted by atomic mass is 32.2.